The molecule has 14 heteroatoms. The number of anilines is 1. The summed E-state index contributed by atoms with van der Waals surface area (Å²) < 4.78 is 46.7. The van der Waals surface area contributed by atoms with Crippen molar-refractivity contribution in [1.29, 1.82) is 0 Å². The van der Waals surface area contributed by atoms with Crippen LogP contribution in [0.4, 0.5) is 15.0 Å². The Bertz CT molecular complexity index is 1520. The number of hydrogen-bond donors (Lipinski definition) is 0. The van der Waals surface area contributed by atoms with Crippen molar-refractivity contribution in [2.45, 2.75) is 116 Å². The molecular weight excluding hydrogens is 657 g/mol. The van der Waals surface area contributed by atoms with Crippen LogP contribution in [0.2, 0.25) is 23.3 Å². The summed E-state index contributed by atoms with van der Waals surface area (Å²) >= 11 is 6.25. The van der Waals surface area contributed by atoms with Crippen LogP contribution in [0, 0.1) is 11.2 Å². The Balaban J connectivity index is 1.51. The van der Waals surface area contributed by atoms with E-state index in [0.29, 0.717) is 44.1 Å². The van der Waals surface area contributed by atoms with Gasteiger partial charge in [0.05, 0.1) is 32.5 Å². The van der Waals surface area contributed by atoms with E-state index in [1.807, 2.05) is 30.6 Å². The first-order valence-electron chi connectivity index (χ1n) is 17.0. The molecule has 3 aliphatic rings. The average molecular weight is 710 g/mol. The summed E-state index contributed by atoms with van der Waals surface area (Å²) in [7, 11) is -0.747. The van der Waals surface area contributed by atoms with Crippen molar-refractivity contribution in [3.63, 3.8) is 0 Å². The highest BCUT2D eigenvalue weighted by Crippen LogP contribution is 2.49. The number of fused-ring (bicyclic) bond motifs is 2. The number of aromatic nitrogens is 3. The molecule has 268 valence electrons. The van der Waals surface area contributed by atoms with Gasteiger partial charge < -0.3 is 33.2 Å². The van der Waals surface area contributed by atoms with Gasteiger partial charge in [-0.25, -0.2) is 9.18 Å². The van der Waals surface area contributed by atoms with Crippen molar-refractivity contribution in [3.8, 4) is 11.9 Å². The maximum atomic E-state index is 15.8. The van der Waals surface area contributed by atoms with Gasteiger partial charge in [0.25, 0.3) is 0 Å². The molecule has 2 aromatic rings. The van der Waals surface area contributed by atoms with Crippen LogP contribution < -0.4 is 14.4 Å². The second-order valence-electron chi connectivity index (χ2n) is 16.4. The number of nitrogens with zero attached hydrogens (tertiary/aromatic N) is 5. The predicted octanol–water partition coefficient (Wildman–Crippen LogP) is 7.39. The van der Waals surface area contributed by atoms with Gasteiger partial charge in [-0.05, 0) is 71.5 Å². The second-order valence-corrected chi connectivity index (χ2v) is 21.5. The quantitative estimate of drug-likeness (QED) is 0.213. The summed E-state index contributed by atoms with van der Waals surface area (Å²) in [4.78, 5) is 30.8. The van der Waals surface area contributed by atoms with E-state index < -0.39 is 25.3 Å². The van der Waals surface area contributed by atoms with Gasteiger partial charge in [-0.1, -0.05) is 38.8 Å². The topological polar surface area (TPSA) is 108 Å². The van der Waals surface area contributed by atoms with E-state index in [2.05, 4.69) is 50.8 Å². The minimum atomic E-state index is -2.20. The summed E-state index contributed by atoms with van der Waals surface area (Å²) in [5.74, 6) is -0.257. The molecule has 0 unspecified atom stereocenters. The first kappa shape index (κ1) is 36.8. The van der Waals surface area contributed by atoms with E-state index in [1.54, 1.807) is 0 Å². The molecule has 2 aliphatic heterocycles. The fraction of sp³-hybridized carbons (Fsp3) is 0.765. The van der Waals surface area contributed by atoms with Crippen molar-refractivity contribution >= 4 is 42.7 Å². The normalized spacial score (nSPS) is 25.5. The van der Waals surface area contributed by atoms with Crippen LogP contribution in [-0.4, -0.2) is 98.1 Å². The van der Waals surface area contributed by atoms with Gasteiger partial charge in [0.2, 0.25) is 5.88 Å². The van der Waals surface area contributed by atoms with Gasteiger partial charge in [0.15, 0.2) is 19.3 Å². The molecule has 3 atom stereocenters. The molecule has 0 bridgehead atoms. The monoisotopic (exact) mass is 709 g/mol. The number of carbonyl (C=O) groups excluding carboxylic acids is 1. The average Bonchev–Trinajstić information content (AvgIpc) is 3.32. The number of pyridine rings is 1. The number of amides is 1. The van der Waals surface area contributed by atoms with E-state index in [1.165, 1.54) is 7.11 Å². The highest BCUT2D eigenvalue weighted by atomic mass is 35.5. The smallest absolute Gasteiger partial charge is 0.410 e. The molecule has 5 rings (SSSR count). The molecular formula is C34H53ClFN5O6Si. The van der Waals surface area contributed by atoms with E-state index in [-0.39, 0.29) is 51.8 Å². The summed E-state index contributed by atoms with van der Waals surface area (Å²) in [5, 5.41) is -0.0673. The third kappa shape index (κ3) is 7.48. The Morgan fingerprint density at radius 1 is 1.10 bits per heavy atom. The number of ether oxygens (including phenoxy) is 4. The fourth-order valence-electron chi connectivity index (χ4n) is 7.16. The molecule has 2 saturated heterocycles. The summed E-state index contributed by atoms with van der Waals surface area (Å²) in [6.45, 7) is 21.3. The molecule has 2 aromatic heterocycles. The molecule has 0 radical (unpaired) electrons. The van der Waals surface area contributed by atoms with Gasteiger partial charge >= 0.3 is 12.1 Å². The molecule has 0 N–H and O–H groups in total. The van der Waals surface area contributed by atoms with E-state index in [9.17, 15) is 4.79 Å². The van der Waals surface area contributed by atoms with Crippen LogP contribution in [0.1, 0.15) is 80.6 Å². The van der Waals surface area contributed by atoms with Crippen LogP contribution in [0.5, 0.6) is 11.9 Å². The summed E-state index contributed by atoms with van der Waals surface area (Å²) in [6, 6.07) is -0.0141. The maximum absolute atomic E-state index is 15.8. The summed E-state index contributed by atoms with van der Waals surface area (Å²) in [6.07, 6.45) is 4.14. The first-order valence-corrected chi connectivity index (χ1v) is 20.3. The Kier molecular flexibility index (Phi) is 10.2. The van der Waals surface area contributed by atoms with Crippen molar-refractivity contribution < 1.29 is 32.6 Å². The lowest BCUT2D eigenvalue weighted by Crippen LogP contribution is -2.55. The van der Waals surface area contributed by atoms with Crippen LogP contribution in [0.3, 0.4) is 0 Å². The highest BCUT2D eigenvalue weighted by molar-refractivity contribution is 6.74. The molecule has 3 fully saturated rings. The number of methoxy groups -OCH3 is 1. The number of likely N-dealkylation sites (tertiary alicyclic amines) is 1. The van der Waals surface area contributed by atoms with Crippen molar-refractivity contribution in [2.24, 2.45) is 5.41 Å². The third-order valence-corrected chi connectivity index (χ3v) is 15.2. The number of rotatable bonds is 7. The molecule has 0 spiro atoms. The Morgan fingerprint density at radius 2 is 1.81 bits per heavy atom. The lowest BCUT2D eigenvalue weighted by molar-refractivity contribution is -0.0282. The van der Waals surface area contributed by atoms with Crippen molar-refractivity contribution in [3.05, 3.63) is 11.0 Å². The zero-order valence-corrected chi connectivity index (χ0v) is 32.1. The third-order valence-electron chi connectivity index (χ3n) is 10.3. The van der Waals surface area contributed by atoms with E-state index >= 15 is 4.39 Å². The molecule has 1 saturated carbocycles. The Morgan fingerprint density at radius 3 is 2.48 bits per heavy atom. The van der Waals surface area contributed by atoms with Crippen LogP contribution in [-0.2, 0) is 13.9 Å². The molecule has 1 aliphatic carbocycles. The second kappa shape index (κ2) is 13.3. The molecule has 48 heavy (non-hydrogen) atoms. The molecule has 11 nitrogen and oxygen atoms in total. The fourth-order valence-corrected chi connectivity index (χ4v) is 8.99. The molecule has 0 aromatic carbocycles. The van der Waals surface area contributed by atoms with Crippen LogP contribution in [0.25, 0.3) is 10.9 Å². The van der Waals surface area contributed by atoms with E-state index in [4.69, 9.17) is 40.0 Å². The van der Waals surface area contributed by atoms with Gasteiger partial charge in [0.1, 0.15) is 22.3 Å². The van der Waals surface area contributed by atoms with Crippen LogP contribution >= 0.6 is 11.6 Å². The minimum Gasteiger partial charge on any atom is -0.480 e. The molecule has 1 amide bonds. The minimum absolute atomic E-state index is 0.0154. The highest BCUT2D eigenvalue weighted by Gasteiger charge is 2.51. The van der Waals surface area contributed by atoms with Gasteiger partial charge in [0, 0.05) is 31.1 Å². The lowest BCUT2D eigenvalue weighted by atomic mass is 9.75. The maximum Gasteiger partial charge on any atom is 0.410 e. The van der Waals surface area contributed by atoms with Crippen molar-refractivity contribution in [2.75, 3.05) is 51.5 Å². The zero-order valence-electron chi connectivity index (χ0n) is 30.3. The molecule has 4 heterocycles. The van der Waals surface area contributed by atoms with E-state index in [0.717, 1.165) is 32.1 Å². The number of carbonyl (C=O) groups is 1. The van der Waals surface area contributed by atoms with Crippen LogP contribution in [0.15, 0.2) is 0 Å². The summed E-state index contributed by atoms with van der Waals surface area (Å²) in [5.41, 5.74) is -1.60. The Hall–Kier alpha value is -2.48. The van der Waals surface area contributed by atoms with Gasteiger partial charge in [-0.15, -0.1) is 0 Å². The standard InChI is InChI=1S/C34H53ClFN5O6Si/c1-31(2,3)46-30(42)41-16-12-15-34(14-11-13-22(34)41)21-45-29-37-25-23(28(43-8)38-26(35)24(25)36)27(39-29)40-17-18-44-20-33(7,19-40)47-48(9,10)32(4,5)6/h22H,11-21H2,1-10H3/t22-,33+,34-/m1/s1. The lowest BCUT2D eigenvalue weighted by Gasteiger charge is -2.46. The van der Waals surface area contributed by atoms with Crippen molar-refractivity contribution in [1.82, 2.24) is 19.9 Å². The SMILES string of the molecule is COc1nc(Cl)c(F)c2nc(OC[C@]34CCC[C@H]3N(C(=O)OC(C)(C)C)CCC4)nc(N3CCOC[C@@](C)(O[Si](C)(C)C(C)(C)C)C3)c12. The predicted molar refractivity (Wildman–Crippen MR) is 186 cm³/mol. The number of hydrogen-bond acceptors (Lipinski definition) is 10. The first-order chi connectivity index (χ1) is 22.3. The zero-order chi connectivity index (χ0) is 35.3. The number of halogens is 2. The largest absolute Gasteiger partial charge is 0.480 e. The number of piperidine rings is 1. The van der Waals surface area contributed by atoms with Gasteiger partial charge in [-0.2, -0.15) is 15.0 Å². The van der Waals surface area contributed by atoms with Gasteiger partial charge in [-0.3, -0.25) is 0 Å². The Labute approximate surface area is 290 Å².